The van der Waals surface area contributed by atoms with Crippen molar-refractivity contribution in [1.82, 2.24) is 20.2 Å². The van der Waals surface area contributed by atoms with Crippen LogP contribution < -0.4 is 5.32 Å². The fraction of sp³-hybridized carbons (Fsp3) is 0.0667. The molecule has 3 rings (SSSR count). The standard InChI is InChI=1S/C15H12FN5O/c16-12-6-8-13(9-7-12)18-15(22)14(21-10-17-19-20-21)11-4-2-1-3-5-11/h1-10,14H,(H,18,22). The molecule has 3 aromatic rings. The van der Waals surface area contributed by atoms with E-state index in [2.05, 4.69) is 20.8 Å². The van der Waals surface area contributed by atoms with E-state index in [1.165, 1.54) is 35.3 Å². The van der Waals surface area contributed by atoms with Gasteiger partial charge in [0.1, 0.15) is 12.1 Å². The Hall–Kier alpha value is -3.09. The number of hydrogen-bond acceptors (Lipinski definition) is 4. The second kappa shape index (κ2) is 6.13. The quantitative estimate of drug-likeness (QED) is 0.800. The zero-order chi connectivity index (χ0) is 15.4. The number of carbonyl (C=O) groups excluding carboxylic acids is 1. The summed E-state index contributed by atoms with van der Waals surface area (Å²) >= 11 is 0. The Morgan fingerprint density at radius 3 is 2.45 bits per heavy atom. The fourth-order valence-corrected chi connectivity index (χ4v) is 2.09. The first-order valence-electron chi connectivity index (χ1n) is 6.58. The molecule has 0 aliphatic rings. The van der Waals surface area contributed by atoms with Gasteiger partial charge in [0.05, 0.1) is 0 Å². The molecule has 7 heteroatoms. The normalized spacial score (nSPS) is 11.9. The molecule has 0 saturated heterocycles. The molecule has 0 saturated carbocycles. The third-order valence-electron chi connectivity index (χ3n) is 3.10. The van der Waals surface area contributed by atoms with E-state index in [1.54, 1.807) is 0 Å². The highest BCUT2D eigenvalue weighted by Crippen LogP contribution is 2.19. The van der Waals surface area contributed by atoms with Crippen LogP contribution in [0.5, 0.6) is 0 Å². The summed E-state index contributed by atoms with van der Waals surface area (Å²) in [5.74, 6) is -0.678. The van der Waals surface area contributed by atoms with E-state index < -0.39 is 6.04 Å². The summed E-state index contributed by atoms with van der Waals surface area (Å²) < 4.78 is 14.3. The molecule has 0 bridgehead atoms. The number of tetrazole rings is 1. The van der Waals surface area contributed by atoms with E-state index in [4.69, 9.17) is 0 Å². The first-order valence-corrected chi connectivity index (χ1v) is 6.58. The van der Waals surface area contributed by atoms with Gasteiger partial charge in [-0.3, -0.25) is 4.79 Å². The van der Waals surface area contributed by atoms with Crippen LogP contribution in [0.2, 0.25) is 0 Å². The Bertz CT molecular complexity index is 743. The minimum absolute atomic E-state index is 0.315. The molecule has 22 heavy (non-hydrogen) atoms. The molecular formula is C15H12FN5O. The summed E-state index contributed by atoms with van der Waals surface area (Å²) in [5, 5.41) is 13.7. The van der Waals surface area contributed by atoms with Crippen molar-refractivity contribution in [3.8, 4) is 0 Å². The van der Waals surface area contributed by atoms with Crippen molar-refractivity contribution in [3.63, 3.8) is 0 Å². The molecule has 2 aromatic carbocycles. The van der Waals surface area contributed by atoms with E-state index in [0.29, 0.717) is 5.69 Å². The van der Waals surface area contributed by atoms with Crippen molar-refractivity contribution in [2.75, 3.05) is 5.32 Å². The Balaban J connectivity index is 1.89. The molecule has 1 aromatic heterocycles. The van der Waals surface area contributed by atoms with Crippen LogP contribution in [0.4, 0.5) is 10.1 Å². The summed E-state index contributed by atoms with van der Waals surface area (Å²) in [6.07, 6.45) is 1.38. The average Bonchev–Trinajstić information content (AvgIpc) is 3.05. The van der Waals surface area contributed by atoms with Gasteiger partial charge in [0.2, 0.25) is 0 Å². The number of nitrogens with one attached hydrogen (secondary N) is 1. The number of carbonyl (C=O) groups is 1. The van der Waals surface area contributed by atoms with E-state index in [0.717, 1.165) is 5.56 Å². The Kier molecular flexibility index (Phi) is 3.86. The van der Waals surface area contributed by atoms with Crippen LogP contribution in [-0.4, -0.2) is 26.1 Å². The van der Waals surface area contributed by atoms with Gasteiger partial charge in [-0.2, -0.15) is 0 Å². The minimum atomic E-state index is -0.707. The van der Waals surface area contributed by atoms with Crippen molar-refractivity contribution in [2.45, 2.75) is 6.04 Å². The summed E-state index contributed by atoms with van der Waals surface area (Å²) in [5.41, 5.74) is 1.25. The Morgan fingerprint density at radius 1 is 1.09 bits per heavy atom. The van der Waals surface area contributed by atoms with Crippen LogP contribution in [0, 0.1) is 5.82 Å². The third kappa shape index (κ3) is 2.98. The molecule has 1 atom stereocenters. The second-order valence-corrected chi connectivity index (χ2v) is 4.60. The van der Waals surface area contributed by atoms with Crippen LogP contribution >= 0.6 is 0 Å². The van der Waals surface area contributed by atoms with Crippen LogP contribution in [-0.2, 0) is 4.79 Å². The Labute approximate surface area is 125 Å². The number of anilines is 1. The zero-order valence-corrected chi connectivity index (χ0v) is 11.4. The first-order chi connectivity index (χ1) is 10.7. The maximum Gasteiger partial charge on any atom is 0.253 e. The van der Waals surface area contributed by atoms with Gasteiger partial charge in [0.15, 0.2) is 6.04 Å². The van der Waals surface area contributed by atoms with Crippen LogP contribution in [0.15, 0.2) is 60.9 Å². The number of amides is 1. The van der Waals surface area contributed by atoms with Crippen LogP contribution in [0.3, 0.4) is 0 Å². The van der Waals surface area contributed by atoms with Crippen molar-refractivity contribution in [3.05, 3.63) is 72.3 Å². The molecular weight excluding hydrogens is 285 g/mol. The fourth-order valence-electron chi connectivity index (χ4n) is 2.09. The Morgan fingerprint density at radius 2 is 1.82 bits per heavy atom. The zero-order valence-electron chi connectivity index (χ0n) is 11.4. The first kappa shape index (κ1) is 13.9. The predicted octanol–water partition coefficient (Wildman–Crippen LogP) is 2.04. The van der Waals surface area contributed by atoms with Gasteiger partial charge < -0.3 is 5.32 Å². The van der Waals surface area contributed by atoms with Gasteiger partial charge in [-0.25, -0.2) is 9.07 Å². The van der Waals surface area contributed by atoms with Gasteiger partial charge >= 0.3 is 0 Å². The van der Waals surface area contributed by atoms with Gasteiger partial charge in [-0.05, 0) is 40.3 Å². The molecule has 0 radical (unpaired) electrons. The molecule has 1 N–H and O–H groups in total. The highest BCUT2D eigenvalue weighted by atomic mass is 19.1. The highest BCUT2D eigenvalue weighted by molar-refractivity contribution is 5.95. The number of halogens is 1. The van der Waals surface area contributed by atoms with E-state index in [9.17, 15) is 9.18 Å². The maximum absolute atomic E-state index is 12.9. The SMILES string of the molecule is O=C(Nc1ccc(F)cc1)C(c1ccccc1)n1cnnn1. The van der Waals surface area contributed by atoms with Crippen molar-refractivity contribution >= 4 is 11.6 Å². The van der Waals surface area contributed by atoms with Gasteiger partial charge in [-0.15, -0.1) is 5.10 Å². The van der Waals surface area contributed by atoms with Crippen molar-refractivity contribution in [2.24, 2.45) is 0 Å². The summed E-state index contributed by atoms with van der Waals surface area (Å²) in [6, 6.07) is 14.0. The number of rotatable bonds is 4. The van der Waals surface area contributed by atoms with Crippen LogP contribution in [0.25, 0.3) is 0 Å². The molecule has 0 aliphatic heterocycles. The van der Waals surface area contributed by atoms with Gasteiger partial charge in [-0.1, -0.05) is 30.3 Å². The lowest BCUT2D eigenvalue weighted by Crippen LogP contribution is -2.27. The largest absolute Gasteiger partial charge is 0.324 e. The summed E-state index contributed by atoms with van der Waals surface area (Å²) in [7, 11) is 0. The number of nitrogens with zero attached hydrogens (tertiary/aromatic N) is 4. The molecule has 0 fully saturated rings. The lowest BCUT2D eigenvalue weighted by molar-refractivity contribution is -0.118. The second-order valence-electron chi connectivity index (χ2n) is 4.60. The van der Waals surface area contributed by atoms with Gasteiger partial charge in [0, 0.05) is 5.69 Å². The number of aromatic nitrogens is 4. The third-order valence-corrected chi connectivity index (χ3v) is 3.10. The summed E-state index contributed by atoms with van der Waals surface area (Å²) in [4.78, 5) is 12.6. The van der Waals surface area contributed by atoms with E-state index in [1.807, 2.05) is 30.3 Å². The molecule has 0 aliphatic carbocycles. The predicted molar refractivity (Wildman–Crippen MR) is 77.4 cm³/mol. The lowest BCUT2D eigenvalue weighted by atomic mass is 10.1. The molecule has 1 heterocycles. The molecule has 110 valence electrons. The molecule has 1 amide bonds. The monoisotopic (exact) mass is 297 g/mol. The van der Waals surface area contributed by atoms with Crippen molar-refractivity contribution < 1.29 is 9.18 Å². The van der Waals surface area contributed by atoms with E-state index >= 15 is 0 Å². The summed E-state index contributed by atoms with van der Waals surface area (Å²) in [6.45, 7) is 0. The van der Waals surface area contributed by atoms with E-state index in [-0.39, 0.29) is 11.7 Å². The van der Waals surface area contributed by atoms with Crippen LogP contribution in [0.1, 0.15) is 11.6 Å². The maximum atomic E-state index is 12.9. The topological polar surface area (TPSA) is 72.7 Å². The molecule has 1 unspecified atom stereocenters. The molecule has 0 spiro atoms. The number of hydrogen-bond donors (Lipinski definition) is 1. The van der Waals surface area contributed by atoms with Gasteiger partial charge in [0.25, 0.3) is 5.91 Å². The smallest absolute Gasteiger partial charge is 0.253 e. The molecule has 6 nitrogen and oxygen atoms in total. The number of benzene rings is 2. The lowest BCUT2D eigenvalue weighted by Gasteiger charge is -2.16. The highest BCUT2D eigenvalue weighted by Gasteiger charge is 2.23. The van der Waals surface area contributed by atoms with Crippen molar-refractivity contribution in [1.29, 1.82) is 0 Å². The minimum Gasteiger partial charge on any atom is -0.324 e. The average molecular weight is 297 g/mol.